The van der Waals surface area contributed by atoms with Gasteiger partial charge in [0.2, 0.25) is 0 Å². The predicted octanol–water partition coefficient (Wildman–Crippen LogP) is 1.39. The van der Waals surface area contributed by atoms with E-state index in [4.69, 9.17) is 12.2 Å². The molecule has 0 aromatic carbocycles. The lowest BCUT2D eigenvalue weighted by Crippen LogP contribution is -2.38. The lowest BCUT2D eigenvalue weighted by atomic mass is 10.4. The van der Waals surface area contributed by atoms with Gasteiger partial charge in [-0.15, -0.1) is 0 Å². The normalized spacial score (nSPS) is 9.80. The summed E-state index contributed by atoms with van der Waals surface area (Å²) >= 11 is 9.13. The molecule has 4 heteroatoms. The van der Waals surface area contributed by atoms with Crippen LogP contribution >= 0.6 is 25.0 Å². The second-order valence-corrected chi connectivity index (χ2v) is 3.48. The number of rotatable bonds is 1. The molecule has 0 radical (unpaired) electrons. The first-order valence-electron chi connectivity index (χ1n) is 3.16. The maximum absolute atomic E-state index is 5.05. The van der Waals surface area contributed by atoms with Gasteiger partial charge in [-0.05, 0) is 26.1 Å². The summed E-state index contributed by atoms with van der Waals surface area (Å²) in [6.07, 6.45) is 0. The summed E-state index contributed by atoms with van der Waals surface area (Å²) in [4.78, 5) is 1.99. The van der Waals surface area contributed by atoms with Crippen molar-refractivity contribution >= 4 is 30.1 Å². The molecule has 0 aliphatic rings. The molecule has 10 heavy (non-hydrogen) atoms. The maximum atomic E-state index is 5.05. The van der Waals surface area contributed by atoms with E-state index in [-0.39, 0.29) is 0 Å². The second kappa shape index (κ2) is 4.03. The molecule has 0 spiro atoms. The summed E-state index contributed by atoms with van der Waals surface area (Å²) in [7, 11) is 3.78. The molecule has 0 heterocycles. The first-order valence-corrected chi connectivity index (χ1v) is 3.97. The average Bonchev–Trinajstić information content (AvgIpc) is 1.84. The van der Waals surface area contributed by atoms with Crippen molar-refractivity contribution in [3.05, 3.63) is 0 Å². The van der Waals surface area contributed by atoms with E-state index in [1.54, 1.807) is 4.31 Å². The van der Waals surface area contributed by atoms with Gasteiger partial charge in [-0.25, -0.2) is 0 Å². The van der Waals surface area contributed by atoms with E-state index in [2.05, 4.69) is 26.7 Å². The van der Waals surface area contributed by atoms with E-state index in [0.717, 1.165) is 5.11 Å². The van der Waals surface area contributed by atoms with Gasteiger partial charge in [0.05, 0.1) is 0 Å². The van der Waals surface area contributed by atoms with Crippen molar-refractivity contribution in [3.63, 3.8) is 0 Å². The van der Waals surface area contributed by atoms with Crippen molar-refractivity contribution in [2.24, 2.45) is 0 Å². The van der Waals surface area contributed by atoms with E-state index in [9.17, 15) is 0 Å². The third kappa shape index (κ3) is 2.75. The SMILES string of the molecule is CC(C)N(C)C(=S)N(C)S. The number of thiol groups is 1. The third-order valence-corrected chi connectivity index (χ3v) is 2.24. The average molecular weight is 178 g/mol. The molecule has 0 amide bonds. The summed E-state index contributed by atoms with van der Waals surface area (Å²) in [5.74, 6) is 0. The Kier molecular flexibility index (Phi) is 4.05. The summed E-state index contributed by atoms with van der Waals surface area (Å²) in [5.41, 5.74) is 0. The van der Waals surface area contributed by atoms with E-state index < -0.39 is 0 Å². The van der Waals surface area contributed by atoms with Gasteiger partial charge in [-0.2, -0.15) is 0 Å². The Morgan fingerprint density at radius 2 is 1.80 bits per heavy atom. The van der Waals surface area contributed by atoms with Gasteiger partial charge in [0, 0.05) is 20.1 Å². The van der Waals surface area contributed by atoms with Gasteiger partial charge in [0.25, 0.3) is 0 Å². The van der Waals surface area contributed by atoms with E-state index in [0.29, 0.717) is 6.04 Å². The Labute approximate surface area is 73.7 Å². The molecule has 0 N–H and O–H groups in total. The van der Waals surface area contributed by atoms with E-state index >= 15 is 0 Å². The van der Waals surface area contributed by atoms with Crippen molar-refractivity contribution in [2.45, 2.75) is 19.9 Å². The highest BCUT2D eigenvalue weighted by molar-refractivity contribution is 7.84. The lowest BCUT2D eigenvalue weighted by Gasteiger charge is -2.27. The maximum Gasteiger partial charge on any atom is 0.181 e. The predicted molar refractivity (Wildman–Crippen MR) is 52.2 cm³/mol. The molecule has 0 bridgehead atoms. The quantitative estimate of drug-likeness (QED) is 0.479. The molecule has 0 rings (SSSR count). The highest BCUT2D eigenvalue weighted by Crippen LogP contribution is 2.01. The fraction of sp³-hybridized carbons (Fsp3) is 0.833. The van der Waals surface area contributed by atoms with Gasteiger partial charge < -0.3 is 4.90 Å². The van der Waals surface area contributed by atoms with Gasteiger partial charge in [-0.3, -0.25) is 4.31 Å². The minimum Gasteiger partial charge on any atom is -0.349 e. The zero-order valence-corrected chi connectivity index (χ0v) is 8.54. The van der Waals surface area contributed by atoms with Crippen LogP contribution in [0, 0.1) is 0 Å². The Bertz CT molecular complexity index is 123. The van der Waals surface area contributed by atoms with Crippen LogP contribution in [0.25, 0.3) is 0 Å². The van der Waals surface area contributed by atoms with Crippen LogP contribution in [0.4, 0.5) is 0 Å². The third-order valence-electron chi connectivity index (χ3n) is 1.35. The standard InChI is InChI=1S/C6H14N2S2/c1-5(2)7(3)6(9)8(4)10/h5,10H,1-4H3. The van der Waals surface area contributed by atoms with Crippen LogP contribution in [0.5, 0.6) is 0 Å². The number of hydrogen-bond donors (Lipinski definition) is 1. The summed E-state index contributed by atoms with van der Waals surface area (Å²) in [6.45, 7) is 4.17. The zero-order valence-electron chi connectivity index (χ0n) is 6.83. The van der Waals surface area contributed by atoms with Crippen LogP contribution in [0.15, 0.2) is 0 Å². The van der Waals surface area contributed by atoms with Crippen LogP contribution in [0.1, 0.15) is 13.8 Å². The Morgan fingerprint density at radius 3 is 1.90 bits per heavy atom. The zero-order chi connectivity index (χ0) is 8.31. The Morgan fingerprint density at radius 1 is 1.40 bits per heavy atom. The lowest BCUT2D eigenvalue weighted by molar-refractivity contribution is 0.399. The largest absolute Gasteiger partial charge is 0.349 e. The Hall–Kier alpha value is 0.0400. The molecule has 2 nitrogen and oxygen atoms in total. The molecule has 0 unspecified atom stereocenters. The number of thiocarbonyl (C=S) groups is 1. The molecule has 0 atom stereocenters. The molecule has 0 aromatic heterocycles. The molecular weight excluding hydrogens is 164 g/mol. The van der Waals surface area contributed by atoms with E-state index in [1.165, 1.54) is 0 Å². The molecule has 0 aromatic rings. The van der Waals surface area contributed by atoms with Crippen molar-refractivity contribution in [2.75, 3.05) is 14.1 Å². The number of nitrogens with zero attached hydrogens (tertiary/aromatic N) is 2. The fourth-order valence-electron chi connectivity index (χ4n) is 0.449. The van der Waals surface area contributed by atoms with E-state index in [1.807, 2.05) is 19.0 Å². The van der Waals surface area contributed by atoms with Gasteiger partial charge >= 0.3 is 0 Å². The summed E-state index contributed by atoms with van der Waals surface area (Å²) < 4.78 is 1.63. The van der Waals surface area contributed by atoms with Crippen molar-refractivity contribution in [1.29, 1.82) is 0 Å². The smallest absolute Gasteiger partial charge is 0.181 e. The molecule has 0 aliphatic carbocycles. The van der Waals surface area contributed by atoms with Crippen LogP contribution in [-0.2, 0) is 0 Å². The van der Waals surface area contributed by atoms with Crippen LogP contribution in [0.3, 0.4) is 0 Å². The number of hydrogen-bond acceptors (Lipinski definition) is 2. The molecule has 0 aliphatic heterocycles. The van der Waals surface area contributed by atoms with Crippen LogP contribution in [0.2, 0.25) is 0 Å². The topological polar surface area (TPSA) is 6.48 Å². The van der Waals surface area contributed by atoms with Crippen molar-refractivity contribution in [1.82, 2.24) is 9.21 Å². The van der Waals surface area contributed by atoms with Gasteiger partial charge in [0.1, 0.15) is 0 Å². The monoisotopic (exact) mass is 178 g/mol. The minimum atomic E-state index is 0.432. The summed E-state index contributed by atoms with van der Waals surface area (Å²) in [5, 5.41) is 0.748. The minimum absolute atomic E-state index is 0.432. The highest BCUT2D eigenvalue weighted by atomic mass is 32.1. The molecular formula is C6H14N2S2. The molecule has 60 valence electrons. The Balaban J connectivity index is 3.95. The first kappa shape index (κ1) is 10.0. The molecule has 0 fully saturated rings. The van der Waals surface area contributed by atoms with Crippen molar-refractivity contribution in [3.8, 4) is 0 Å². The molecule has 0 saturated heterocycles. The van der Waals surface area contributed by atoms with Crippen molar-refractivity contribution < 1.29 is 0 Å². The molecule has 0 saturated carbocycles. The van der Waals surface area contributed by atoms with Crippen LogP contribution < -0.4 is 0 Å². The highest BCUT2D eigenvalue weighted by Gasteiger charge is 2.08. The fourth-order valence-corrected chi connectivity index (χ4v) is 0.801. The van der Waals surface area contributed by atoms with Gasteiger partial charge in [-0.1, -0.05) is 12.8 Å². The second-order valence-electron chi connectivity index (χ2n) is 2.51. The summed E-state index contributed by atoms with van der Waals surface area (Å²) in [6, 6.07) is 0.432. The van der Waals surface area contributed by atoms with Gasteiger partial charge in [0.15, 0.2) is 5.11 Å². The first-order chi connectivity index (χ1) is 4.46. The van der Waals surface area contributed by atoms with Crippen LogP contribution in [-0.4, -0.2) is 34.5 Å².